The molecule has 0 aliphatic heterocycles. The maximum atomic E-state index is 9.12. The molecule has 0 atom stereocenters. The number of phenols is 1. The highest BCUT2D eigenvalue weighted by Crippen LogP contribution is 2.22. The standard InChI is InChI=1S/C9H13BO2/c1-7-6-8(11)4-5-9(7)12-10(2)3/h4-6,11H,1-3H3. The smallest absolute Gasteiger partial charge is 0.351 e. The maximum absolute atomic E-state index is 9.12. The predicted molar refractivity (Wildman–Crippen MR) is 51.0 cm³/mol. The van der Waals surface area contributed by atoms with E-state index < -0.39 is 0 Å². The summed E-state index contributed by atoms with van der Waals surface area (Å²) in [6.45, 7) is 6.05. The molecule has 0 aliphatic carbocycles. The van der Waals surface area contributed by atoms with Gasteiger partial charge < -0.3 is 9.76 Å². The van der Waals surface area contributed by atoms with Gasteiger partial charge in [0.15, 0.2) is 0 Å². The molecule has 64 valence electrons. The minimum atomic E-state index is 0.174. The van der Waals surface area contributed by atoms with Crippen molar-refractivity contribution in [2.45, 2.75) is 20.6 Å². The number of aromatic hydroxyl groups is 1. The summed E-state index contributed by atoms with van der Waals surface area (Å²) in [4.78, 5) is 0. The Morgan fingerprint density at radius 2 is 2.00 bits per heavy atom. The zero-order valence-electron chi connectivity index (χ0n) is 7.66. The van der Waals surface area contributed by atoms with E-state index in [9.17, 15) is 0 Å². The Labute approximate surface area is 73.3 Å². The van der Waals surface area contributed by atoms with E-state index in [1.54, 1.807) is 18.2 Å². The monoisotopic (exact) mass is 164 g/mol. The van der Waals surface area contributed by atoms with E-state index in [4.69, 9.17) is 9.76 Å². The van der Waals surface area contributed by atoms with Crippen LogP contribution in [0, 0.1) is 6.92 Å². The van der Waals surface area contributed by atoms with Crippen LogP contribution in [0.15, 0.2) is 18.2 Å². The summed E-state index contributed by atoms with van der Waals surface area (Å²) in [6, 6.07) is 5.10. The van der Waals surface area contributed by atoms with Crippen molar-refractivity contribution in [3.63, 3.8) is 0 Å². The molecule has 0 unspecified atom stereocenters. The topological polar surface area (TPSA) is 29.5 Å². The normalized spacial score (nSPS) is 9.58. The third kappa shape index (κ3) is 2.19. The summed E-state index contributed by atoms with van der Waals surface area (Å²) in [7, 11) is 0. The van der Waals surface area contributed by atoms with Gasteiger partial charge in [0, 0.05) is 0 Å². The molecule has 1 N–H and O–H groups in total. The maximum Gasteiger partial charge on any atom is 0.351 e. The lowest BCUT2D eigenvalue weighted by molar-refractivity contribution is 0.472. The zero-order chi connectivity index (χ0) is 9.14. The minimum Gasteiger partial charge on any atom is -0.561 e. The van der Waals surface area contributed by atoms with Crippen LogP contribution in [-0.2, 0) is 0 Å². The van der Waals surface area contributed by atoms with Crippen LogP contribution in [0.5, 0.6) is 11.5 Å². The van der Waals surface area contributed by atoms with E-state index in [0.29, 0.717) is 0 Å². The van der Waals surface area contributed by atoms with Crippen LogP contribution in [0.25, 0.3) is 0 Å². The van der Waals surface area contributed by atoms with E-state index >= 15 is 0 Å². The lowest BCUT2D eigenvalue weighted by Gasteiger charge is -2.10. The van der Waals surface area contributed by atoms with E-state index in [1.807, 2.05) is 20.6 Å². The SMILES string of the molecule is CB(C)Oc1ccc(O)cc1C. The Bertz CT molecular complexity index is 271. The Hall–Kier alpha value is -1.12. The van der Waals surface area contributed by atoms with Gasteiger partial charge in [-0.1, -0.05) is 0 Å². The molecule has 0 heterocycles. The van der Waals surface area contributed by atoms with Gasteiger partial charge >= 0.3 is 6.92 Å². The van der Waals surface area contributed by atoms with Crippen LogP contribution in [0.3, 0.4) is 0 Å². The van der Waals surface area contributed by atoms with Crippen molar-refractivity contribution in [2.24, 2.45) is 0 Å². The fourth-order valence-electron chi connectivity index (χ4n) is 1.02. The molecular formula is C9H13BO2. The number of hydrogen-bond acceptors (Lipinski definition) is 2. The highest BCUT2D eigenvalue weighted by Gasteiger charge is 2.04. The second-order valence-corrected chi connectivity index (χ2v) is 3.12. The fraction of sp³-hybridized carbons (Fsp3) is 0.333. The van der Waals surface area contributed by atoms with Crippen LogP contribution < -0.4 is 4.65 Å². The first kappa shape index (κ1) is 8.98. The average molecular weight is 164 g/mol. The van der Waals surface area contributed by atoms with Crippen molar-refractivity contribution in [3.05, 3.63) is 23.8 Å². The van der Waals surface area contributed by atoms with Crippen molar-refractivity contribution in [1.82, 2.24) is 0 Å². The number of rotatable bonds is 2. The van der Waals surface area contributed by atoms with Gasteiger partial charge in [0.2, 0.25) is 0 Å². The average Bonchev–Trinajstić information content (AvgIpc) is 1.94. The van der Waals surface area contributed by atoms with Crippen LogP contribution >= 0.6 is 0 Å². The molecule has 0 bridgehead atoms. The van der Waals surface area contributed by atoms with Gasteiger partial charge in [-0.25, -0.2) is 0 Å². The molecule has 0 aliphatic rings. The quantitative estimate of drug-likeness (QED) is 0.679. The summed E-state index contributed by atoms with van der Waals surface area (Å²) < 4.78 is 5.49. The zero-order valence-corrected chi connectivity index (χ0v) is 7.66. The molecule has 0 amide bonds. The second kappa shape index (κ2) is 3.52. The number of phenolic OH excluding ortho intramolecular Hbond substituents is 1. The van der Waals surface area contributed by atoms with Crippen molar-refractivity contribution >= 4 is 6.92 Å². The molecule has 0 saturated carbocycles. The Morgan fingerprint density at radius 3 is 2.50 bits per heavy atom. The van der Waals surface area contributed by atoms with E-state index in [-0.39, 0.29) is 12.7 Å². The fourth-order valence-corrected chi connectivity index (χ4v) is 1.02. The summed E-state index contributed by atoms with van der Waals surface area (Å²) in [6.07, 6.45) is 0. The lowest BCUT2D eigenvalue weighted by Crippen LogP contribution is -2.11. The summed E-state index contributed by atoms with van der Waals surface area (Å²) in [5, 5.41) is 9.12. The lowest BCUT2D eigenvalue weighted by atomic mass is 9.75. The molecule has 0 radical (unpaired) electrons. The van der Waals surface area contributed by atoms with Gasteiger partial charge in [-0.05, 0) is 44.3 Å². The summed E-state index contributed by atoms with van der Waals surface area (Å²) >= 11 is 0. The largest absolute Gasteiger partial charge is 0.561 e. The van der Waals surface area contributed by atoms with E-state index in [2.05, 4.69) is 0 Å². The van der Waals surface area contributed by atoms with E-state index in [0.717, 1.165) is 11.3 Å². The first-order valence-corrected chi connectivity index (χ1v) is 4.06. The molecular weight excluding hydrogens is 151 g/mol. The van der Waals surface area contributed by atoms with Gasteiger partial charge in [-0.3, -0.25) is 0 Å². The third-order valence-electron chi connectivity index (χ3n) is 1.52. The first-order valence-electron chi connectivity index (χ1n) is 4.06. The Morgan fingerprint density at radius 1 is 1.33 bits per heavy atom. The second-order valence-electron chi connectivity index (χ2n) is 3.12. The van der Waals surface area contributed by atoms with Crippen molar-refractivity contribution in [1.29, 1.82) is 0 Å². The van der Waals surface area contributed by atoms with Gasteiger partial charge in [0.25, 0.3) is 0 Å². The molecule has 12 heavy (non-hydrogen) atoms. The van der Waals surface area contributed by atoms with Crippen molar-refractivity contribution in [3.8, 4) is 11.5 Å². The van der Waals surface area contributed by atoms with Gasteiger partial charge in [-0.2, -0.15) is 0 Å². The number of hydrogen-bond donors (Lipinski definition) is 1. The highest BCUT2D eigenvalue weighted by atomic mass is 16.4. The van der Waals surface area contributed by atoms with Crippen LogP contribution in [0.1, 0.15) is 5.56 Å². The Balaban J connectivity index is 2.86. The molecule has 0 fully saturated rings. The summed E-state index contributed by atoms with van der Waals surface area (Å²) in [5.74, 6) is 1.12. The minimum absolute atomic E-state index is 0.174. The molecule has 2 nitrogen and oxygen atoms in total. The first-order chi connectivity index (χ1) is 5.59. The Kier molecular flexibility index (Phi) is 2.63. The molecule has 1 aromatic carbocycles. The molecule has 0 saturated heterocycles. The van der Waals surface area contributed by atoms with Crippen molar-refractivity contribution < 1.29 is 9.76 Å². The molecule has 3 heteroatoms. The highest BCUT2D eigenvalue weighted by molar-refractivity contribution is 6.49. The van der Waals surface area contributed by atoms with Crippen molar-refractivity contribution in [2.75, 3.05) is 0 Å². The number of benzene rings is 1. The van der Waals surface area contributed by atoms with Gasteiger partial charge in [-0.15, -0.1) is 0 Å². The van der Waals surface area contributed by atoms with Gasteiger partial charge in [0.05, 0.1) is 0 Å². The molecule has 0 aromatic heterocycles. The molecule has 0 spiro atoms. The van der Waals surface area contributed by atoms with Gasteiger partial charge in [0.1, 0.15) is 11.5 Å². The van der Waals surface area contributed by atoms with Crippen LogP contribution in [0.2, 0.25) is 13.6 Å². The van der Waals surface area contributed by atoms with Crippen LogP contribution in [-0.4, -0.2) is 12.0 Å². The van der Waals surface area contributed by atoms with Crippen LogP contribution in [0.4, 0.5) is 0 Å². The molecule has 1 rings (SSSR count). The molecule has 1 aromatic rings. The predicted octanol–water partition coefficient (Wildman–Crippen LogP) is 2.33. The summed E-state index contributed by atoms with van der Waals surface area (Å²) in [5.41, 5.74) is 0.962. The van der Waals surface area contributed by atoms with E-state index in [1.165, 1.54) is 0 Å². The third-order valence-corrected chi connectivity index (χ3v) is 1.52. The number of aryl methyl sites for hydroxylation is 1.